The Bertz CT molecular complexity index is 123. The third-order valence-electron chi connectivity index (χ3n) is 2.84. The fraction of sp³-hybridized carbons (Fsp3) is 1.00. The average Bonchev–Trinajstić information content (AvgIpc) is 1.86. The molecule has 11 heavy (non-hydrogen) atoms. The van der Waals surface area contributed by atoms with E-state index in [1.165, 1.54) is 19.3 Å². The van der Waals surface area contributed by atoms with Gasteiger partial charge in [0.25, 0.3) is 0 Å². The fourth-order valence-electron chi connectivity index (χ4n) is 2.12. The van der Waals surface area contributed by atoms with Gasteiger partial charge in [0.15, 0.2) is 0 Å². The van der Waals surface area contributed by atoms with Crippen LogP contribution < -0.4 is 0 Å². The third kappa shape index (κ3) is 2.19. The Hall–Kier alpha value is -0.0400. The van der Waals surface area contributed by atoms with Crippen LogP contribution in [0, 0.1) is 11.3 Å². The first-order chi connectivity index (χ1) is 5.02. The number of hydrogen-bond donors (Lipinski definition) is 1. The molecule has 1 aliphatic rings. The first-order valence-electron chi connectivity index (χ1n) is 4.70. The smallest absolute Gasteiger partial charge is 0.0573 e. The predicted octanol–water partition coefficient (Wildman–Crippen LogP) is 2.58. The summed E-state index contributed by atoms with van der Waals surface area (Å²) in [5.41, 5.74) is 0.292. The van der Waals surface area contributed by atoms with Gasteiger partial charge in [-0.15, -0.1) is 0 Å². The Kier molecular flexibility index (Phi) is 2.58. The monoisotopic (exact) mass is 156 g/mol. The molecule has 0 unspecified atom stereocenters. The molecule has 0 aromatic carbocycles. The summed E-state index contributed by atoms with van der Waals surface area (Å²) in [6.45, 7) is 6.69. The first-order valence-corrected chi connectivity index (χ1v) is 4.70. The van der Waals surface area contributed by atoms with E-state index in [0.29, 0.717) is 11.3 Å². The second kappa shape index (κ2) is 3.14. The zero-order chi connectivity index (χ0) is 8.48. The molecule has 1 fully saturated rings. The highest BCUT2D eigenvalue weighted by Crippen LogP contribution is 2.37. The van der Waals surface area contributed by atoms with Crippen molar-refractivity contribution in [3.05, 3.63) is 0 Å². The number of aliphatic hydroxyl groups excluding tert-OH is 1. The number of aliphatic hydroxyl groups is 1. The van der Waals surface area contributed by atoms with Gasteiger partial charge in [0.05, 0.1) is 6.10 Å². The van der Waals surface area contributed by atoms with Crippen LogP contribution in [0.2, 0.25) is 0 Å². The molecule has 0 saturated heterocycles. The lowest BCUT2D eigenvalue weighted by Crippen LogP contribution is -2.34. The lowest BCUT2D eigenvalue weighted by atomic mass is 9.71. The molecule has 0 aromatic rings. The van der Waals surface area contributed by atoms with Crippen LogP contribution in [0.3, 0.4) is 0 Å². The van der Waals surface area contributed by atoms with Crippen molar-refractivity contribution in [2.24, 2.45) is 11.3 Å². The van der Waals surface area contributed by atoms with Crippen molar-refractivity contribution in [3.8, 4) is 0 Å². The summed E-state index contributed by atoms with van der Waals surface area (Å²) in [6, 6.07) is 0. The van der Waals surface area contributed by atoms with Crippen LogP contribution in [0.1, 0.15) is 46.5 Å². The minimum absolute atomic E-state index is 0.0382. The Morgan fingerprint density at radius 1 is 1.09 bits per heavy atom. The second-order valence-electron chi connectivity index (χ2n) is 4.82. The van der Waals surface area contributed by atoms with Crippen LogP contribution in [-0.4, -0.2) is 11.2 Å². The van der Waals surface area contributed by atoms with Crippen LogP contribution in [0.4, 0.5) is 0 Å². The normalized spacial score (nSPS) is 33.8. The van der Waals surface area contributed by atoms with E-state index < -0.39 is 0 Å². The molecule has 1 aliphatic carbocycles. The summed E-state index contributed by atoms with van der Waals surface area (Å²) in [4.78, 5) is 0. The van der Waals surface area contributed by atoms with Crippen LogP contribution in [-0.2, 0) is 0 Å². The molecule has 1 rings (SSSR count). The van der Waals surface area contributed by atoms with Gasteiger partial charge < -0.3 is 5.11 Å². The van der Waals surface area contributed by atoms with E-state index in [4.69, 9.17) is 0 Å². The molecule has 1 N–H and O–H groups in total. The molecule has 0 spiro atoms. The molecule has 0 aliphatic heterocycles. The van der Waals surface area contributed by atoms with Crippen molar-refractivity contribution in [3.63, 3.8) is 0 Å². The highest BCUT2D eigenvalue weighted by atomic mass is 16.3. The largest absolute Gasteiger partial charge is 0.393 e. The zero-order valence-electron chi connectivity index (χ0n) is 7.93. The van der Waals surface area contributed by atoms with Crippen molar-refractivity contribution in [2.75, 3.05) is 0 Å². The van der Waals surface area contributed by atoms with E-state index in [0.717, 1.165) is 6.42 Å². The van der Waals surface area contributed by atoms with E-state index in [1.54, 1.807) is 0 Å². The van der Waals surface area contributed by atoms with Gasteiger partial charge in [-0.2, -0.15) is 0 Å². The lowest BCUT2D eigenvalue weighted by molar-refractivity contribution is 0.0105. The summed E-state index contributed by atoms with van der Waals surface area (Å²) < 4.78 is 0. The topological polar surface area (TPSA) is 20.2 Å². The Morgan fingerprint density at radius 2 is 1.64 bits per heavy atom. The summed E-state index contributed by atoms with van der Waals surface area (Å²) in [6.07, 6.45) is 4.71. The van der Waals surface area contributed by atoms with Gasteiger partial charge in [-0.05, 0) is 24.2 Å². The Labute approximate surface area is 69.8 Å². The predicted molar refractivity (Wildman–Crippen MR) is 47.4 cm³/mol. The van der Waals surface area contributed by atoms with Crippen molar-refractivity contribution >= 4 is 0 Å². The maximum Gasteiger partial charge on any atom is 0.0573 e. The summed E-state index contributed by atoms with van der Waals surface area (Å²) >= 11 is 0. The zero-order valence-corrected chi connectivity index (χ0v) is 7.93. The lowest BCUT2D eigenvalue weighted by Gasteiger charge is -2.37. The molecular formula is C10H20O. The number of rotatable bonds is 0. The molecule has 0 heterocycles. The Balaban J connectivity index is 2.55. The van der Waals surface area contributed by atoms with Gasteiger partial charge in [0.1, 0.15) is 0 Å². The van der Waals surface area contributed by atoms with Crippen LogP contribution in [0.5, 0.6) is 0 Å². The van der Waals surface area contributed by atoms with Crippen molar-refractivity contribution in [2.45, 2.75) is 52.6 Å². The first kappa shape index (κ1) is 9.05. The van der Waals surface area contributed by atoms with E-state index in [1.807, 2.05) is 0 Å². The highest BCUT2D eigenvalue weighted by Gasteiger charge is 2.32. The molecule has 2 atom stereocenters. The van der Waals surface area contributed by atoms with E-state index in [-0.39, 0.29) is 6.10 Å². The molecule has 0 bridgehead atoms. The van der Waals surface area contributed by atoms with Gasteiger partial charge in [-0.3, -0.25) is 0 Å². The van der Waals surface area contributed by atoms with Crippen molar-refractivity contribution < 1.29 is 5.11 Å². The third-order valence-corrected chi connectivity index (χ3v) is 2.84. The maximum absolute atomic E-state index is 9.70. The molecule has 1 heteroatoms. The molecular weight excluding hydrogens is 136 g/mol. The fourth-order valence-corrected chi connectivity index (χ4v) is 2.12. The van der Waals surface area contributed by atoms with E-state index >= 15 is 0 Å². The average molecular weight is 156 g/mol. The van der Waals surface area contributed by atoms with Gasteiger partial charge in [-0.1, -0.05) is 33.6 Å². The number of hydrogen-bond acceptors (Lipinski definition) is 1. The van der Waals surface area contributed by atoms with Gasteiger partial charge in [0, 0.05) is 0 Å². The van der Waals surface area contributed by atoms with Gasteiger partial charge in [0.2, 0.25) is 0 Å². The van der Waals surface area contributed by atoms with Crippen LogP contribution in [0.25, 0.3) is 0 Å². The maximum atomic E-state index is 9.70. The minimum Gasteiger partial charge on any atom is -0.393 e. The molecule has 0 amide bonds. The van der Waals surface area contributed by atoms with E-state index in [2.05, 4.69) is 20.8 Å². The highest BCUT2D eigenvalue weighted by molar-refractivity contribution is 4.83. The van der Waals surface area contributed by atoms with Gasteiger partial charge >= 0.3 is 0 Å². The molecule has 0 radical (unpaired) electrons. The second-order valence-corrected chi connectivity index (χ2v) is 4.82. The van der Waals surface area contributed by atoms with Crippen molar-refractivity contribution in [1.82, 2.24) is 0 Å². The van der Waals surface area contributed by atoms with Gasteiger partial charge in [-0.25, -0.2) is 0 Å². The van der Waals surface area contributed by atoms with E-state index in [9.17, 15) is 5.11 Å². The molecule has 1 nitrogen and oxygen atoms in total. The summed E-state index contributed by atoms with van der Waals surface area (Å²) in [5.74, 6) is 0.524. The van der Waals surface area contributed by atoms with Crippen LogP contribution >= 0.6 is 0 Å². The standard InChI is InChI=1S/C10H20O/c1-10(2,3)8-6-4-5-7-9(8)11/h8-9,11H,4-7H2,1-3H3/t8-,9+/m0/s1. The van der Waals surface area contributed by atoms with Crippen molar-refractivity contribution in [1.29, 1.82) is 0 Å². The SMILES string of the molecule is CC(C)(C)[C@H]1CCCC[C@H]1O. The van der Waals surface area contributed by atoms with Crippen LogP contribution in [0.15, 0.2) is 0 Å². The molecule has 1 saturated carbocycles. The quantitative estimate of drug-likeness (QED) is 0.571. The minimum atomic E-state index is -0.0382. The molecule has 66 valence electrons. The Morgan fingerprint density at radius 3 is 2.00 bits per heavy atom. The molecule has 0 aromatic heterocycles. The summed E-state index contributed by atoms with van der Waals surface area (Å²) in [5, 5.41) is 9.70. The summed E-state index contributed by atoms with van der Waals surface area (Å²) in [7, 11) is 0.